The van der Waals surface area contributed by atoms with Crippen LogP contribution < -0.4 is 10.1 Å². The second kappa shape index (κ2) is 8.10. The molecule has 3 rings (SSSR count). The molecule has 0 radical (unpaired) electrons. The number of benzene rings is 2. The maximum atomic E-state index is 12.9. The van der Waals surface area contributed by atoms with Crippen molar-refractivity contribution in [2.75, 3.05) is 25.5 Å². The number of hydrogen-bond acceptors (Lipinski definition) is 4. The fourth-order valence-electron chi connectivity index (χ4n) is 3.05. The largest absolute Gasteiger partial charge is 0.497 e. The van der Waals surface area contributed by atoms with E-state index in [0.29, 0.717) is 36.0 Å². The number of ether oxygens (including phenoxy) is 1. The van der Waals surface area contributed by atoms with Crippen molar-refractivity contribution >= 4 is 21.6 Å². The van der Waals surface area contributed by atoms with E-state index in [0.717, 1.165) is 12.8 Å². The van der Waals surface area contributed by atoms with Gasteiger partial charge in [-0.1, -0.05) is 13.0 Å². The van der Waals surface area contributed by atoms with E-state index in [1.165, 1.54) is 16.4 Å². The number of hydrogen-bond donors (Lipinski definition) is 1. The van der Waals surface area contributed by atoms with Gasteiger partial charge in [-0.05, 0) is 61.2 Å². The number of sulfonamides is 1. The van der Waals surface area contributed by atoms with E-state index >= 15 is 0 Å². The summed E-state index contributed by atoms with van der Waals surface area (Å²) in [5.74, 6) is 0.875. The van der Waals surface area contributed by atoms with Crippen molar-refractivity contribution in [2.24, 2.45) is 5.92 Å². The van der Waals surface area contributed by atoms with Crippen molar-refractivity contribution in [1.82, 2.24) is 4.31 Å². The van der Waals surface area contributed by atoms with Crippen LogP contribution in [0, 0.1) is 5.92 Å². The van der Waals surface area contributed by atoms with Gasteiger partial charge in [-0.15, -0.1) is 0 Å². The van der Waals surface area contributed by atoms with E-state index in [2.05, 4.69) is 12.2 Å². The van der Waals surface area contributed by atoms with Crippen molar-refractivity contribution in [3.8, 4) is 5.75 Å². The Balaban J connectivity index is 1.76. The predicted molar refractivity (Wildman–Crippen MR) is 105 cm³/mol. The van der Waals surface area contributed by atoms with Crippen molar-refractivity contribution < 1.29 is 17.9 Å². The minimum absolute atomic E-state index is 0.152. The summed E-state index contributed by atoms with van der Waals surface area (Å²) >= 11 is 0. The lowest BCUT2D eigenvalue weighted by Crippen LogP contribution is -2.37. The van der Waals surface area contributed by atoms with Crippen LogP contribution in [0.2, 0.25) is 0 Å². The summed E-state index contributed by atoms with van der Waals surface area (Å²) in [4.78, 5) is 12.7. The Morgan fingerprint density at radius 1 is 1.11 bits per heavy atom. The van der Waals surface area contributed by atoms with Crippen LogP contribution in [0.4, 0.5) is 5.69 Å². The highest BCUT2D eigenvalue weighted by Crippen LogP contribution is 2.24. The molecule has 0 unspecified atom stereocenters. The Bertz CT molecular complexity index is 902. The van der Waals surface area contributed by atoms with Gasteiger partial charge in [-0.25, -0.2) is 8.42 Å². The van der Waals surface area contributed by atoms with E-state index in [1.54, 1.807) is 43.5 Å². The topological polar surface area (TPSA) is 75.7 Å². The van der Waals surface area contributed by atoms with Crippen molar-refractivity contribution in [3.63, 3.8) is 0 Å². The fraction of sp³-hybridized carbons (Fsp3) is 0.350. The maximum Gasteiger partial charge on any atom is 0.255 e. The van der Waals surface area contributed by atoms with Crippen molar-refractivity contribution in [3.05, 3.63) is 54.1 Å². The average molecular weight is 388 g/mol. The number of rotatable bonds is 5. The first-order valence-corrected chi connectivity index (χ1v) is 10.4. The molecule has 1 amide bonds. The summed E-state index contributed by atoms with van der Waals surface area (Å²) in [7, 11) is -2.01. The zero-order valence-corrected chi connectivity index (χ0v) is 16.3. The van der Waals surface area contributed by atoms with Gasteiger partial charge in [0.05, 0.1) is 12.0 Å². The van der Waals surface area contributed by atoms with Crippen LogP contribution >= 0.6 is 0 Å². The van der Waals surface area contributed by atoms with Gasteiger partial charge < -0.3 is 10.1 Å². The molecule has 27 heavy (non-hydrogen) atoms. The molecule has 1 heterocycles. The molecule has 0 bridgehead atoms. The molecular weight excluding hydrogens is 364 g/mol. The number of methoxy groups -OCH3 is 1. The highest BCUT2D eigenvalue weighted by atomic mass is 32.2. The highest BCUT2D eigenvalue weighted by Gasteiger charge is 2.28. The smallest absolute Gasteiger partial charge is 0.255 e. The third kappa shape index (κ3) is 4.48. The van der Waals surface area contributed by atoms with Crippen LogP contribution in [-0.4, -0.2) is 38.8 Å². The Morgan fingerprint density at radius 3 is 2.41 bits per heavy atom. The van der Waals surface area contributed by atoms with Gasteiger partial charge in [0.2, 0.25) is 10.0 Å². The molecule has 0 saturated carbocycles. The van der Waals surface area contributed by atoms with E-state index in [4.69, 9.17) is 4.74 Å². The normalized spacial score (nSPS) is 16.1. The minimum atomic E-state index is -3.59. The number of nitrogens with zero attached hydrogens (tertiary/aromatic N) is 1. The number of piperidine rings is 1. The van der Waals surface area contributed by atoms with E-state index in [1.807, 2.05) is 0 Å². The highest BCUT2D eigenvalue weighted by molar-refractivity contribution is 7.89. The van der Waals surface area contributed by atoms with Gasteiger partial charge in [0.1, 0.15) is 5.75 Å². The molecule has 1 aliphatic heterocycles. The third-order valence-corrected chi connectivity index (χ3v) is 6.72. The summed E-state index contributed by atoms with van der Waals surface area (Å²) in [5, 5.41) is 2.77. The predicted octanol–water partition coefficient (Wildman–Crippen LogP) is 3.37. The summed E-state index contributed by atoms with van der Waals surface area (Å²) in [6.45, 7) is 3.17. The molecule has 7 heteroatoms. The van der Waals surface area contributed by atoms with Gasteiger partial charge in [0.25, 0.3) is 5.91 Å². The molecule has 0 atom stereocenters. The molecule has 1 aliphatic rings. The zero-order chi connectivity index (χ0) is 19.4. The zero-order valence-electron chi connectivity index (χ0n) is 15.5. The third-order valence-electron chi connectivity index (χ3n) is 4.82. The first kappa shape index (κ1) is 19.4. The molecular formula is C20H24N2O4S. The Labute approximate surface area is 160 Å². The molecule has 2 aromatic carbocycles. The lowest BCUT2D eigenvalue weighted by atomic mass is 10.0. The number of anilines is 1. The second-order valence-electron chi connectivity index (χ2n) is 6.80. The molecule has 2 aromatic rings. The summed E-state index contributed by atoms with van der Waals surface area (Å²) in [6, 6.07) is 13.1. The number of nitrogens with one attached hydrogen (secondary N) is 1. The van der Waals surface area contributed by atoms with Crippen LogP contribution in [0.1, 0.15) is 30.1 Å². The van der Waals surface area contributed by atoms with Gasteiger partial charge in [-0.3, -0.25) is 4.79 Å². The van der Waals surface area contributed by atoms with Gasteiger partial charge >= 0.3 is 0 Å². The van der Waals surface area contributed by atoms with Crippen LogP contribution in [0.3, 0.4) is 0 Å². The van der Waals surface area contributed by atoms with Crippen LogP contribution in [0.25, 0.3) is 0 Å². The van der Waals surface area contributed by atoms with Gasteiger partial charge in [0.15, 0.2) is 0 Å². The van der Waals surface area contributed by atoms with Crippen molar-refractivity contribution in [1.29, 1.82) is 0 Å². The summed E-state index contributed by atoms with van der Waals surface area (Å²) in [6.07, 6.45) is 1.72. The summed E-state index contributed by atoms with van der Waals surface area (Å²) in [5.41, 5.74) is 0.913. The Hall–Kier alpha value is -2.38. The minimum Gasteiger partial charge on any atom is -0.497 e. The van der Waals surface area contributed by atoms with Gasteiger partial charge in [-0.2, -0.15) is 4.31 Å². The molecule has 1 N–H and O–H groups in total. The number of carbonyl (C=O) groups is 1. The number of amides is 1. The average Bonchev–Trinajstić information content (AvgIpc) is 2.69. The first-order chi connectivity index (χ1) is 12.9. The monoisotopic (exact) mass is 388 g/mol. The quantitative estimate of drug-likeness (QED) is 0.852. The van der Waals surface area contributed by atoms with Crippen molar-refractivity contribution in [2.45, 2.75) is 24.7 Å². The molecule has 6 nitrogen and oxygen atoms in total. The SMILES string of the molecule is COc1ccc(NC(=O)c2cccc(S(=O)(=O)N3CCC(C)CC3)c2)cc1. The Morgan fingerprint density at radius 2 is 1.78 bits per heavy atom. The van der Waals surface area contributed by atoms with E-state index in [-0.39, 0.29) is 10.8 Å². The van der Waals surface area contributed by atoms with Gasteiger partial charge in [0, 0.05) is 24.3 Å². The fourth-order valence-corrected chi connectivity index (χ4v) is 4.57. The number of carbonyl (C=O) groups excluding carboxylic acids is 1. The van der Waals surface area contributed by atoms with Crippen LogP contribution in [0.5, 0.6) is 5.75 Å². The standard InChI is InChI=1S/C20H24N2O4S/c1-15-10-12-22(13-11-15)27(24,25)19-5-3-4-16(14-19)20(23)21-17-6-8-18(26-2)9-7-17/h3-9,14-15H,10-13H2,1-2H3,(H,21,23). The lowest BCUT2D eigenvalue weighted by molar-refractivity contribution is 0.102. The molecule has 1 fully saturated rings. The second-order valence-corrected chi connectivity index (χ2v) is 8.73. The van der Waals surface area contributed by atoms with E-state index < -0.39 is 10.0 Å². The Kier molecular flexibility index (Phi) is 5.82. The molecule has 0 spiro atoms. The first-order valence-electron chi connectivity index (χ1n) is 8.96. The maximum absolute atomic E-state index is 12.9. The van der Waals surface area contributed by atoms with Crippen LogP contribution in [0.15, 0.2) is 53.4 Å². The molecule has 1 saturated heterocycles. The molecule has 144 valence electrons. The molecule has 0 aromatic heterocycles. The molecule has 0 aliphatic carbocycles. The van der Waals surface area contributed by atoms with E-state index in [9.17, 15) is 13.2 Å². The lowest BCUT2D eigenvalue weighted by Gasteiger charge is -2.29. The van der Waals surface area contributed by atoms with Crippen LogP contribution in [-0.2, 0) is 10.0 Å². The summed E-state index contributed by atoms with van der Waals surface area (Å²) < 4.78 is 32.4.